The predicted octanol–water partition coefficient (Wildman–Crippen LogP) is 2.39. The fraction of sp³-hybridized carbons (Fsp3) is 0.143. The van der Waals surface area contributed by atoms with Crippen LogP contribution in [0.5, 0.6) is 0 Å². The van der Waals surface area contributed by atoms with Crippen molar-refractivity contribution in [1.82, 2.24) is 0 Å². The van der Waals surface area contributed by atoms with Gasteiger partial charge in [-0.05, 0) is 30.2 Å². The van der Waals surface area contributed by atoms with Crippen molar-refractivity contribution < 1.29 is 12.8 Å². The van der Waals surface area contributed by atoms with Crippen molar-refractivity contribution in [2.75, 3.05) is 16.2 Å². The molecule has 0 bridgehead atoms. The molecule has 0 unspecified atom stereocenters. The molecule has 2 aromatic carbocycles. The highest BCUT2D eigenvalue weighted by Gasteiger charge is 2.12. The Balaban J connectivity index is 2.04. The number of hydrogen-bond donors (Lipinski definition) is 2. The molecule has 0 saturated heterocycles. The molecule has 0 aliphatic heterocycles. The first-order chi connectivity index (χ1) is 9.46. The van der Waals surface area contributed by atoms with Crippen LogP contribution in [0.25, 0.3) is 0 Å². The van der Waals surface area contributed by atoms with Gasteiger partial charge in [0.25, 0.3) is 0 Å². The van der Waals surface area contributed by atoms with Gasteiger partial charge in [0, 0.05) is 0 Å². The fourth-order valence-corrected chi connectivity index (χ4v) is 2.87. The monoisotopic (exact) mass is 294 g/mol. The molecule has 0 saturated carbocycles. The first-order valence-corrected chi connectivity index (χ1v) is 7.71. The van der Waals surface area contributed by atoms with Crippen LogP contribution in [0.2, 0.25) is 0 Å². The molecule has 0 aliphatic carbocycles. The van der Waals surface area contributed by atoms with Crippen molar-refractivity contribution in [3.05, 3.63) is 59.9 Å². The predicted molar refractivity (Wildman–Crippen MR) is 78.4 cm³/mol. The van der Waals surface area contributed by atoms with Crippen molar-refractivity contribution in [3.63, 3.8) is 0 Å². The van der Waals surface area contributed by atoms with Crippen LogP contribution in [-0.4, -0.2) is 14.2 Å². The van der Waals surface area contributed by atoms with Crippen LogP contribution >= 0.6 is 0 Å². The van der Waals surface area contributed by atoms with Crippen molar-refractivity contribution in [3.8, 4) is 0 Å². The standard InChI is InChI=1S/C14H15FN2O2S/c15-12-6-7-14(13(16)10-12)17-20(18,19)9-8-11-4-2-1-3-5-11/h1-7,10,17H,8-9,16H2. The molecule has 0 atom stereocenters. The number of nitrogens with one attached hydrogen (secondary N) is 1. The van der Waals surface area contributed by atoms with Crippen molar-refractivity contribution in [2.24, 2.45) is 0 Å². The van der Waals surface area contributed by atoms with E-state index in [0.29, 0.717) is 6.42 Å². The van der Waals surface area contributed by atoms with Crippen LogP contribution in [-0.2, 0) is 16.4 Å². The first-order valence-electron chi connectivity index (χ1n) is 6.06. The number of hydrogen-bond acceptors (Lipinski definition) is 3. The van der Waals surface area contributed by atoms with Gasteiger partial charge in [0.2, 0.25) is 10.0 Å². The zero-order valence-corrected chi connectivity index (χ0v) is 11.5. The summed E-state index contributed by atoms with van der Waals surface area (Å²) in [5.74, 6) is -0.567. The van der Waals surface area contributed by atoms with Crippen LogP contribution in [0.4, 0.5) is 15.8 Å². The summed E-state index contributed by atoms with van der Waals surface area (Å²) in [6.45, 7) is 0. The van der Waals surface area contributed by atoms with Gasteiger partial charge in [-0.1, -0.05) is 30.3 Å². The summed E-state index contributed by atoms with van der Waals surface area (Å²) >= 11 is 0. The fourth-order valence-electron chi connectivity index (χ4n) is 1.74. The van der Waals surface area contributed by atoms with E-state index in [1.165, 1.54) is 6.07 Å². The SMILES string of the molecule is Nc1cc(F)ccc1NS(=O)(=O)CCc1ccccc1. The Kier molecular flexibility index (Phi) is 4.24. The summed E-state index contributed by atoms with van der Waals surface area (Å²) in [4.78, 5) is 0. The Morgan fingerprint density at radius 3 is 2.45 bits per heavy atom. The summed E-state index contributed by atoms with van der Waals surface area (Å²) < 4.78 is 39.2. The average molecular weight is 294 g/mol. The van der Waals surface area contributed by atoms with Gasteiger partial charge in [0.15, 0.2) is 0 Å². The number of sulfonamides is 1. The highest BCUT2D eigenvalue weighted by molar-refractivity contribution is 7.92. The lowest BCUT2D eigenvalue weighted by atomic mass is 10.2. The average Bonchev–Trinajstić information content (AvgIpc) is 2.41. The molecule has 0 heterocycles. The van der Waals surface area contributed by atoms with Crippen molar-refractivity contribution in [1.29, 1.82) is 0 Å². The molecule has 0 amide bonds. The molecule has 6 heteroatoms. The number of nitrogens with two attached hydrogens (primary N) is 1. The maximum absolute atomic E-state index is 12.9. The minimum Gasteiger partial charge on any atom is -0.397 e. The lowest BCUT2D eigenvalue weighted by Gasteiger charge is -2.10. The van der Waals surface area contributed by atoms with Gasteiger partial charge in [0.1, 0.15) is 5.82 Å². The van der Waals surface area contributed by atoms with Crippen LogP contribution in [0.1, 0.15) is 5.56 Å². The number of anilines is 2. The van der Waals surface area contributed by atoms with E-state index < -0.39 is 15.8 Å². The van der Waals surface area contributed by atoms with Gasteiger partial charge >= 0.3 is 0 Å². The maximum atomic E-state index is 12.9. The van der Waals surface area contributed by atoms with E-state index in [1.54, 1.807) is 0 Å². The summed E-state index contributed by atoms with van der Waals surface area (Å²) in [5.41, 5.74) is 6.76. The highest BCUT2D eigenvalue weighted by Crippen LogP contribution is 2.20. The van der Waals surface area contributed by atoms with Gasteiger partial charge in [-0.3, -0.25) is 4.72 Å². The lowest BCUT2D eigenvalue weighted by Crippen LogP contribution is -2.19. The number of rotatable bonds is 5. The summed E-state index contributed by atoms with van der Waals surface area (Å²) in [7, 11) is -3.52. The number of aryl methyl sites for hydroxylation is 1. The van der Waals surface area contributed by atoms with E-state index in [-0.39, 0.29) is 17.1 Å². The van der Waals surface area contributed by atoms with Crippen LogP contribution in [0.15, 0.2) is 48.5 Å². The number of halogens is 1. The van der Waals surface area contributed by atoms with E-state index in [9.17, 15) is 12.8 Å². The normalized spacial score (nSPS) is 11.2. The topological polar surface area (TPSA) is 72.2 Å². The van der Waals surface area contributed by atoms with Gasteiger partial charge in [-0.15, -0.1) is 0 Å². The van der Waals surface area contributed by atoms with Crippen molar-refractivity contribution >= 4 is 21.4 Å². The lowest BCUT2D eigenvalue weighted by molar-refractivity contribution is 0.600. The van der Waals surface area contributed by atoms with E-state index >= 15 is 0 Å². The van der Waals surface area contributed by atoms with E-state index in [0.717, 1.165) is 17.7 Å². The molecule has 0 radical (unpaired) electrons. The van der Waals surface area contributed by atoms with Gasteiger partial charge < -0.3 is 5.73 Å². The highest BCUT2D eigenvalue weighted by atomic mass is 32.2. The molecule has 3 N–H and O–H groups in total. The van der Waals surface area contributed by atoms with E-state index in [2.05, 4.69) is 4.72 Å². The van der Waals surface area contributed by atoms with Crippen LogP contribution in [0, 0.1) is 5.82 Å². The molecule has 106 valence electrons. The molecule has 2 rings (SSSR count). The first kappa shape index (κ1) is 14.3. The van der Waals surface area contributed by atoms with Gasteiger partial charge in [-0.25, -0.2) is 12.8 Å². The van der Waals surface area contributed by atoms with Gasteiger partial charge in [0.05, 0.1) is 17.1 Å². The number of benzene rings is 2. The molecule has 0 fully saturated rings. The summed E-state index contributed by atoms with van der Waals surface area (Å²) in [6, 6.07) is 12.9. The third kappa shape index (κ3) is 3.96. The smallest absolute Gasteiger partial charge is 0.233 e. The minimum atomic E-state index is -3.52. The van der Waals surface area contributed by atoms with Crippen LogP contribution < -0.4 is 10.5 Å². The molecule has 20 heavy (non-hydrogen) atoms. The quantitative estimate of drug-likeness (QED) is 0.832. The second kappa shape index (κ2) is 5.92. The Morgan fingerprint density at radius 2 is 1.80 bits per heavy atom. The Hall–Kier alpha value is -2.08. The molecular weight excluding hydrogens is 279 g/mol. The third-order valence-corrected chi connectivity index (χ3v) is 4.05. The number of nitrogen functional groups attached to an aromatic ring is 1. The molecule has 2 aromatic rings. The summed E-state index contributed by atoms with van der Waals surface area (Å²) in [5, 5.41) is 0. The molecule has 0 aromatic heterocycles. The molecule has 0 aliphatic rings. The van der Waals surface area contributed by atoms with E-state index in [4.69, 9.17) is 5.73 Å². The van der Waals surface area contributed by atoms with Crippen LogP contribution in [0.3, 0.4) is 0 Å². The van der Waals surface area contributed by atoms with Crippen molar-refractivity contribution in [2.45, 2.75) is 6.42 Å². The van der Waals surface area contributed by atoms with E-state index in [1.807, 2.05) is 30.3 Å². The zero-order chi connectivity index (χ0) is 14.6. The molecule has 0 spiro atoms. The third-order valence-electron chi connectivity index (χ3n) is 2.78. The zero-order valence-electron chi connectivity index (χ0n) is 10.7. The molecular formula is C14H15FN2O2S. The minimum absolute atomic E-state index is 0.0617. The Morgan fingerprint density at radius 1 is 1.10 bits per heavy atom. The Bertz CT molecular complexity index is 688. The second-order valence-electron chi connectivity index (χ2n) is 4.39. The molecule has 4 nitrogen and oxygen atoms in total. The van der Waals surface area contributed by atoms with Gasteiger partial charge in [-0.2, -0.15) is 0 Å². The largest absolute Gasteiger partial charge is 0.397 e. The maximum Gasteiger partial charge on any atom is 0.233 e. The Labute approximate surface area is 117 Å². The summed E-state index contributed by atoms with van der Waals surface area (Å²) in [6.07, 6.45) is 0.400. The second-order valence-corrected chi connectivity index (χ2v) is 6.23.